The highest BCUT2D eigenvalue weighted by molar-refractivity contribution is 5.83. The van der Waals surface area contributed by atoms with E-state index in [2.05, 4.69) is 13.2 Å². The van der Waals surface area contributed by atoms with Crippen LogP contribution in [0.3, 0.4) is 0 Å². The van der Waals surface area contributed by atoms with Gasteiger partial charge in [-0.3, -0.25) is 0 Å². The molecule has 0 N–H and O–H groups in total. The molecular formula is C21H18O4. The molecule has 25 heavy (non-hydrogen) atoms. The molecule has 4 heteroatoms. The molecule has 1 fully saturated rings. The van der Waals surface area contributed by atoms with Crippen LogP contribution in [0.5, 0.6) is 11.5 Å². The highest BCUT2D eigenvalue weighted by atomic mass is 16.5. The molecule has 0 aliphatic heterocycles. The van der Waals surface area contributed by atoms with Crippen LogP contribution in [0.4, 0.5) is 0 Å². The Morgan fingerprint density at radius 1 is 0.760 bits per heavy atom. The van der Waals surface area contributed by atoms with Crippen LogP contribution in [0.15, 0.2) is 73.8 Å². The second kappa shape index (κ2) is 7.18. The van der Waals surface area contributed by atoms with Crippen LogP contribution in [0, 0.1) is 0 Å². The standard InChI is InChI=1S/C21H18O4/c1-3-20(22)24-16-9-5-14(6-10-16)18-13-19(18)15-7-11-17(12-8-15)25-21(23)4-2/h3-12,18-19H,1-2,13H2. The maximum absolute atomic E-state index is 11.2. The predicted molar refractivity (Wildman–Crippen MR) is 94.6 cm³/mol. The number of carbonyl (C=O) groups excluding carboxylic acids is 2. The maximum Gasteiger partial charge on any atom is 0.335 e. The number of esters is 2. The molecule has 0 heterocycles. The summed E-state index contributed by atoms with van der Waals surface area (Å²) in [6.45, 7) is 6.75. The number of rotatable bonds is 6. The molecule has 1 aliphatic rings. The molecule has 4 nitrogen and oxygen atoms in total. The maximum atomic E-state index is 11.2. The Morgan fingerprint density at radius 3 is 1.44 bits per heavy atom. The van der Waals surface area contributed by atoms with Crippen LogP contribution >= 0.6 is 0 Å². The van der Waals surface area contributed by atoms with Gasteiger partial charge in [0.2, 0.25) is 0 Å². The Bertz CT molecular complexity index is 733. The minimum Gasteiger partial charge on any atom is -0.423 e. The molecule has 0 saturated heterocycles. The summed E-state index contributed by atoms with van der Waals surface area (Å²) in [4.78, 5) is 22.4. The van der Waals surface area contributed by atoms with E-state index in [0.29, 0.717) is 23.3 Å². The summed E-state index contributed by atoms with van der Waals surface area (Å²) in [5.41, 5.74) is 2.43. The molecule has 126 valence electrons. The molecular weight excluding hydrogens is 316 g/mol. The first kappa shape index (κ1) is 16.7. The highest BCUT2D eigenvalue weighted by Gasteiger charge is 2.39. The monoisotopic (exact) mass is 334 g/mol. The van der Waals surface area contributed by atoms with Gasteiger partial charge >= 0.3 is 11.9 Å². The zero-order valence-corrected chi connectivity index (χ0v) is 13.7. The number of benzene rings is 2. The number of hydrogen-bond acceptors (Lipinski definition) is 4. The van der Waals surface area contributed by atoms with Crippen molar-refractivity contribution in [2.45, 2.75) is 18.3 Å². The van der Waals surface area contributed by atoms with Gasteiger partial charge in [0.25, 0.3) is 0 Å². The van der Waals surface area contributed by atoms with Crippen molar-refractivity contribution < 1.29 is 19.1 Å². The fraction of sp³-hybridized carbons (Fsp3) is 0.143. The molecule has 0 amide bonds. The van der Waals surface area contributed by atoms with Gasteiger partial charge in [-0.15, -0.1) is 0 Å². The van der Waals surface area contributed by atoms with Gasteiger partial charge in [-0.05, 0) is 53.6 Å². The van der Waals surface area contributed by atoms with Gasteiger partial charge in [0.05, 0.1) is 0 Å². The second-order valence-corrected chi connectivity index (χ2v) is 5.84. The normalized spacial score (nSPS) is 18.1. The van der Waals surface area contributed by atoms with Crippen molar-refractivity contribution in [3.8, 4) is 11.5 Å². The lowest BCUT2D eigenvalue weighted by Gasteiger charge is -2.05. The van der Waals surface area contributed by atoms with Crippen LogP contribution in [0.25, 0.3) is 0 Å². The first-order chi connectivity index (χ1) is 12.1. The van der Waals surface area contributed by atoms with E-state index < -0.39 is 11.9 Å². The van der Waals surface area contributed by atoms with Gasteiger partial charge in [-0.2, -0.15) is 0 Å². The molecule has 3 rings (SSSR count). The lowest BCUT2D eigenvalue weighted by molar-refractivity contribution is -0.129. The van der Waals surface area contributed by atoms with Gasteiger partial charge in [-0.1, -0.05) is 37.4 Å². The van der Waals surface area contributed by atoms with E-state index in [9.17, 15) is 9.59 Å². The fourth-order valence-electron chi connectivity index (χ4n) is 2.81. The van der Waals surface area contributed by atoms with Crippen molar-refractivity contribution in [1.29, 1.82) is 0 Å². The van der Waals surface area contributed by atoms with Crippen molar-refractivity contribution in [2.75, 3.05) is 0 Å². The lowest BCUT2D eigenvalue weighted by Crippen LogP contribution is -2.03. The van der Waals surface area contributed by atoms with Gasteiger partial charge in [0.1, 0.15) is 11.5 Å². The smallest absolute Gasteiger partial charge is 0.335 e. The van der Waals surface area contributed by atoms with Crippen molar-refractivity contribution in [3.63, 3.8) is 0 Å². The summed E-state index contributed by atoms with van der Waals surface area (Å²) in [6.07, 6.45) is 3.35. The molecule has 0 bridgehead atoms. The topological polar surface area (TPSA) is 52.6 Å². The Labute approximate surface area is 146 Å². The zero-order chi connectivity index (χ0) is 17.8. The van der Waals surface area contributed by atoms with E-state index in [1.165, 1.54) is 11.1 Å². The minimum absolute atomic E-state index is 0.450. The van der Waals surface area contributed by atoms with Crippen molar-refractivity contribution in [3.05, 3.63) is 85.0 Å². The lowest BCUT2D eigenvalue weighted by atomic mass is 10.0. The molecule has 2 aromatic rings. The summed E-state index contributed by atoms with van der Waals surface area (Å²) in [5.74, 6) is 0.999. The van der Waals surface area contributed by atoms with Crippen LogP contribution in [-0.2, 0) is 9.59 Å². The number of hydrogen-bond donors (Lipinski definition) is 0. The summed E-state index contributed by atoms with van der Waals surface area (Å²) >= 11 is 0. The molecule has 2 unspecified atom stereocenters. The second-order valence-electron chi connectivity index (χ2n) is 5.84. The molecule has 2 aromatic carbocycles. The van der Waals surface area contributed by atoms with Gasteiger partial charge < -0.3 is 9.47 Å². The molecule has 0 aromatic heterocycles. The molecule has 0 radical (unpaired) electrons. The van der Waals surface area contributed by atoms with E-state index in [0.717, 1.165) is 18.6 Å². The number of ether oxygens (including phenoxy) is 2. The van der Waals surface area contributed by atoms with Crippen LogP contribution in [-0.4, -0.2) is 11.9 Å². The highest BCUT2D eigenvalue weighted by Crippen LogP contribution is 2.54. The Morgan fingerprint density at radius 2 is 1.12 bits per heavy atom. The largest absolute Gasteiger partial charge is 0.423 e. The molecule has 1 saturated carbocycles. The van der Waals surface area contributed by atoms with Crippen molar-refractivity contribution >= 4 is 11.9 Å². The van der Waals surface area contributed by atoms with E-state index >= 15 is 0 Å². The Balaban J connectivity index is 1.62. The van der Waals surface area contributed by atoms with Crippen molar-refractivity contribution in [2.24, 2.45) is 0 Å². The van der Waals surface area contributed by atoms with Crippen LogP contribution in [0.1, 0.15) is 29.4 Å². The van der Waals surface area contributed by atoms with Crippen LogP contribution < -0.4 is 9.47 Å². The summed E-state index contributed by atoms with van der Waals surface area (Å²) < 4.78 is 10.2. The third kappa shape index (κ3) is 4.04. The third-order valence-electron chi connectivity index (χ3n) is 4.18. The SMILES string of the molecule is C=CC(=O)Oc1ccc(C2CC2c2ccc(OC(=O)C=C)cc2)cc1. The average Bonchev–Trinajstić information content (AvgIpc) is 3.43. The first-order valence-electron chi connectivity index (χ1n) is 7.99. The molecule has 0 spiro atoms. The number of carbonyl (C=O) groups is 2. The summed E-state index contributed by atoms with van der Waals surface area (Å²) in [7, 11) is 0. The third-order valence-corrected chi connectivity index (χ3v) is 4.18. The van der Waals surface area contributed by atoms with Crippen LogP contribution in [0.2, 0.25) is 0 Å². The van der Waals surface area contributed by atoms with Gasteiger partial charge in [-0.25, -0.2) is 9.59 Å². The van der Waals surface area contributed by atoms with E-state index in [4.69, 9.17) is 9.47 Å². The predicted octanol–water partition coefficient (Wildman–Crippen LogP) is 4.14. The average molecular weight is 334 g/mol. The molecule has 1 aliphatic carbocycles. The van der Waals surface area contributed by atoms with E-state index in [-0.39, 0.29) is 0 Å². The van der Waals surface area contributed by atoms with Gasteiger partial charge in [0, 0.05) is 12.2 Å². The fourth-order valence-corrected chi connectivity index (χ4v) is 2.81. The van der Waals surface area contributed by atoms with Gasteiger partial charge in [0.15, 0.2) is 0 Å². The van der Waals surface area contributed by atoms with E-state index in [1.54, 1.807) is 24.3 Å². The Kier molecular flexibility index (Phi) is 4.80. The quantitative estimate of drug-likeness (QED) is 0.452. The summed E-state index contributed by atoms with van der Waals surface area (Å²) in [6, 6.07) is 15.1. The van der Waals surface area contributed by atoms with Crippen molar-refractivity contribution in [1.82, 2.24) is 0 Å². The minimum atomic E-state index is -0.464. The zero-order valence-electron chi connectivity index (χ0n) is 13.7. The Hall–Kier alpha value is -3.14. The summed E-state index contributed by atoms with van der Waals surface area (Å²) in [5, 5.41) is 0. The van der Waals surface area contributed by atoms with E-state index in [1.807, 2.05) is 24.3 Å². The first-order valence-corrected chi connectivity index (χ1v) is 7.99. The molecule has 2 atom stereocenters.